The molecule has 2 rings (SSSR count). The molecule has 0 aliphatic heterocycles. The van der Waals surface area contributed by atoms with Gasteiger partial charge >= 0.3 is 0 Å². The molecule has 1 aliphatic carbocycles. The van der Waals surface area contributed by atoms with Gasteiger partial charge in [0.2, 0.25) is 5.91 Å². The Labute approximate surface area is 127 Å². The van der Waals surface area contributed by atoms with Crippen molar-refractivity contribution in [3.63, 3.8) is 0 Å². The minimum Gasteiger partial charge on any atom is -0.352 e. The Kier molecular flexibility index (Phi) is 5.14. The Balaban J connectivity index is 2.01. The van der Waals surface area contributed by atoms with Crippen molar-refractivity contribution in [3.05, 3.63) is 38.9 Å². The van der Waals surface area contributed by atoms with Crippen LogP contribution in [-0.2, 0) is 11.3 Å². The van der Waals surface area contributed by atoms with Crippen molar-refractivity contribution < 1.29 is 9.72 Å². The zero-order valence-electron chi connectivity index (χ0n) is 11.5. The van der Waals surface area contributed by atoms with Gasteiger partial charge in [0.1, 0.15) is 0 Å². The summed E-state index contributed by atoms with van der Waals surface area (Å²) in [5, 5.41) is 14.0. The van der Waals surface area contributed by atoms with Gasteiger partial charge in [-0.1, -0.05) is 18.0 Å². The first-order valence-corrected chi connectivity index (χ1v) is 7.31. The highest BCUT2D eigenvalue weighted by molar-refractivity contribution is 6.31. The average molecular weight is 312 g/mol. The summed E-state index contributed by atoms with van der Waals surface area (Å²) in [4.78, 5) is 22.4. The van der Waals surface area contributed by atoms with E-state index in [9.17, 15) is 14.9 Å². The van der Waals surface area contributed by atoms with Gasteiger partial charge < -0.3 is 11.1 Å². The van der Waals surface area contributed by atoms with E-state index in [0.717, 1.165) is 19.3 Å². The van der Waals surface area contributed by atoms with Crippen LogP contribution in [0, 0.1) is 22.0 Å². The van der Waals surface area contributed by atoms with Gasteiger partial charge in [0.05, 0.1) is 4.92 Å². The lowest BCUT2D eigenvalue weighted by atomic mass is 9.95. The largest absolute Gasteiger partial charge is 0.352 e. The molecule has 1 fully saturated rings. The van der Waals surface area contributed by atoms with E-state index in [2.05, 4.69) is 5.32 Å². The number of hydrogen-bond donors (Lipinski definition) is 2. The Bertz CT molecular complexity index is 550. The Morgan fingerprint density at radius 2 is 2.24 bits per heavy atom. The molecule has 1 amide bonds. The number of hydrogen-bond acceptors (Lipinski definition) is 4. The van der Waals surface area contributed by atoms with Gasteiger partial charge in [-0.3, -0.25) is 14.9 Å². The predicted octanol–water partition coefficient (Wildman–Crippen LogP) is 2.24. The number of nitrogens with zero attached hydrogens (tertiary/aromatic N) is 1. The third kappa shape index (κ3) is 3.71. The van der Waals surface area contributed by atoms with E-state index in [4.69, 9.17) is 17.3 Å². The number of nitrogens with one attached hydrogen (secondary N) is 1. The second-order valence-electron chi connectivity index (χ2n) is 5.28. The van der Waals surface area contributed by atoms with E-state index in [1.165, 1.54) is 18.2 Å². The number of nitrogens with two attached hydrogens (primary N) is 1. The van der Waals surface area contributed by atoms with Gasteiger partial charge in [-0.25, -0.2) is 0 Å². The molecule has 0 radical (unpaired) electrons. The Morgan fingerprint density at radius 1 is 1.48 bits per heavy atom. The van der Waals surface area contributed by atoms with E-state index < -0.39 is 4.92 Å². The maximum absolute atomic E-state index is 12.2. The standard InChI is InChI=1S/C14H18ClN3O3/c15-13-5-4-11(18(20)21)6-10(13)8-17-14(19)12-3-1-2-9(12)7-16/h4-6,9,12H,1-3,7-8,16H2,(H,17,19)/t9-,12-/m1/s1. The van der Waals surface area contributed by atoms with Crippen LogP contribution in [-0.4, -0.2) is 17.4 Å². The van der Waals surface area contributed by atoms with Crippen LogP contribution in [0.1, 0.15) is 24.8 Å². The van der Waals surface area contributed by atoms with Gasteiger partial charge in [-0.05, 0) is 36.9 Å². The lowest BCUT2D eigenvalue weighted by molar-refractivity contribution is -0.384. The molecule has 0 unspecified atom stereocenters. The summed E-state index contributed by atoms with van der Waals surface area (Å²) in [6, 6.07) is 4.20. The van der Waals surface area contributed by atoms with Crippen LogP contribution in [0.5, 0.6) is 0 Å². The zero-order valence-corrected chi connectivity index (χ0v) is 12.3. The smallest absolute Gasteiger partial charge is 0.269 e. The lowest BCUT2D eigenvalue weighted by Crippen LogP contribution is -2.34. The van der Waals surface area contributed by atoms with Gasteiger partial charge in [0.25, 0.3) is 5.69 Å². The van der Waals surface area contributed by atoms with E-state index in [-0.39, 0.29) is 30.0 Å². The minimum absolute atomic E-state index is 0.0376. The molecule has 2 atom stereocenters. The molecular weight excluding hydrogens is 294 g/mol. The molecule has 7 heteroatoms. The highest BCUT2D eigenvalue weighted by atomic mass is 35.5. The number of nitro benzene ring substituents is 1. The Morgan fingerprint density at radius 3 is 2.90 bits per heavy atom. The summed E-state index contributed by atoms with van der Waals surface area (Å²) in [6.45, 7) is 0.697. The molecule has 0 bridgehead atoms. The van der Waals surface area contributed by atoms with Crippen molar-refractivity contribution >= 4 is 23.2 Å². The van der Waals surface area contributed by atoms with Gasteiger partial charge in [-0.15, -0.1) is 0 Å². The number of rotatable bonds is 5. The fourth-order valence-corrected chi connectivity index (χ4v) is 2.97. The van der Waals surface area contributed by atoms with Crippen LogP contribution in [0.25, 0.3) is 0 Å². The van der Waals surface area contributed by atoms with Gasteiger partial charge in [-0.2, -0.15) is 0 Å². The fraction of sp³-hybridized carbons (Fsp3) is 0.500. The van der Waals surface area contributed by atoms with Crippen LogP contribution in [0.15, 0.2) is 18.2 Å². The molecule has 0 spiro atoms. The van der Waals surface area contributed by atoms with Gasteiger partial charge in [0, 0.05) is 29.6 Å². The predicted molar refractivity (Wildman–Crippen MR) is 79.8 cm³/mol. The van der Waals surface area contributed by atoms with Crippen LogP contribution in [0.3, 0.4) is 0 Å². The van der Waals surface area contributed by atoms with Crippen molar-refractivity contribution in [2.24, 2.45) is 17.6 Å². The second kappa shape index (κ2) is 6.87. The highest BCUT2D eigenvalue weighted by Gasteiger charge is 2.31. The molecule has 6 nitrogen and oxygen atoms in total. The molecule has 114 valence electrons. The third-order valence-corrected chi connectivity index (χ3v) is 4.36. The summed E-state index contributed by atoms with van der Waals surface area (Å²) < 4.78 is 0. The van der Waals surface area contributed by atoms with E-state index in [0.29, 0.717) is 17.1 Å². The van der Waals surface area contributed by atoms with Crippen LogP contribution in [0.4, 0.5) is 5.69 Å². The Hall–Kier alpha value is -1.66. The number of carbonyl (C=O) groups excluding carboxylic acids is 1. The van der Waals surface area contributed by atoms with Crippen molar-refractivity contribution in [1.29, 1.82) is 0 Å². The molecule has 21 heavy (non-hydrogen) atoms. The summed E-state index contributed by atoms with van der Waals surface area (Å²) >= 11 is 6.01. The molecule has 1 aromatic carbocycles. The van der Waals surface area contributed by atoms with Crippen LogP contribution < -0.4 is 11.1 Å². The molecule has 1 aliphatic rings. The average Bonchev–Trinajstić information content (AvgIpc) is 2.94. The number of nitro groups is 1. The van der Waals surface area contributed by atoms with Crippen LogP contribution >= 0.6 is 11.6 Å². The SMILES string of the molecule is NC[C@H]1CCC[C@H]1C(=O)NCc1cc([N+](=O)[O-])ccc1Cl. The van der Waals surface area contributed by atoms with E-state index >= 15 is 0 Å². The summed E-state index contributed by atoms with van der Waals surface area (Å²) in [5.74, 6) is 0.114. The van der Waals surface area contributed by atoms with E-state index in [1.54, 1.807) is 0 Å². The van der Waals surface area contributed by atoms with Crippen molar-refractivity contribution in [2.75, 3.05) is 6.54 Å². The minimum atomic E-state index is -0.483. The summed E-state index contributed by atoms with van der Waals surface area (Å²) in [6.07, 6.45) is 2.83. The van der Waals surface area contributed by atoms with Crippen LogP contribution in [0.2, 0.25) is 5.02 Å². The highest BCUT2D eigenvalue weighted by Crippen LogP contribution is 2.31. The molecule has 1 aromatic rings. The number of carbonyl (C=O) groups is 1. The number of benzene rings is 1. The topological polar surface area (TPSA) is 98.3 Å². The second-order valence-corrected chi connectivity index (χ2v) is 5.69. The van der Waals surface area contributed by atoms with Gasteiger partial charge in [0.15, 0.2) is 0 Å². The monoisotopic (exact) mass is 311 g/mol. The maximum Gasteiger partial charge on any atom is 0.269 e. The molecule has 3 N–H and O–H groups in total. The molecule has 0 heterocycles. The number of halogens is 1. The molecule has 0 saturated heterocycles. The quantitative estimate of drug-likeness (QED) is 0.643. The lowest BCUT2D eigenvalue weighted by Gasteiger charge is -2.17. The normalized spacial score (nSPS) is 21.2. The molecule has 0 aromatic heterocycles. The number of amides is 1. The number of non-ortho nitro benzene ring substituents is 1. The zero-order chi connectivity index (χ0) is 15.4. The first-order valence-electron chi connectivity index (χ1n) is 6.93. The summed E-state index contributed by atoms with van der Waals surface area (Å²) in [7, 11) is 0. The molecular formula is C14H18ClN3O3. The fourth-order valence-electron chi connectivity index (χ4n) is 2.79. The first kappa shape index (κ1) is 15.7. The third-order valence-electron chi connectivity index (χ3n) is 3.99. The molecule has 1 saturated carbocycles. The van der Waals surface area contributed by atoms with Crippen molar-refractivity contribution in [3.8, 4) is 0 Å². The summed E-state index contributed by atoms with van der Waals surface area (Å²) in [5.41, 5.74) is 6.18. The van der Waals surface area contributed by atoms with Crippen molar-refractivity contribution in [2.45, 2.75) is 25.8 Å². The van der Waals surface area contributed by atoms with E-state index in [1.807, 2.05) is 0 Å². The van der Waals surface area contributed by atoms with Crippen molar-refractivity contribution in [1.82, 2.24) is 5.32 Å². The maximum atomic E-state index is 12.2. The first-order chi connectivity index (χ1) is 10.0.